The highest BCUT2D eigenvalue weighted by atomic mass is 19.1. The van der Waals surface area contributed by atoms with E-state index in [1.54, 1.807) is 31.9 Å². The minimum Gasteiger partial charge on any atom is -0.494 e. The van der Waals surface area contributed by atoms with Crippen molar-refractivity contribution in [1.29, 1.82) is 5.41 Å². The molecule has 4 rings (SSSR count). The fourth-order valence-electron chi connectivity index (χ4n) is 5.92. The Hall–Kier alpha value is -3.86. The minimum absolute atomic E-state index is 0.00649. The van der Waals surface area contributed by atoms with Crippen LogP contribution in [0, 0.1) is 11.2 Å². The van der Waals surface area contributed by atoms with Crippen LogP contribution < -0.4 is 19.1 Å². The molecule has 45 heavy (non-hydrogen) atoms. The predicted octanol–water partition coefficient (Wildman–Crippen LogP) is 4.68. The molecule has 1 saturated heterocycles. The van der Waals surface area contributed by atoms with Crippen molar-refractivity contribution in [2.75, 3.05) is 77.6 Å². The summed E-state index contributed by atoms with van der Waals surface area (Å²) in [5, 5.41) is 8.90. The van der Waals surface area contributed by atoms with Gasteiger partial charge in [0.2, 0.25) is 0 Å². The van der Waals surface area contributed by atoms with Crippen LogP contribution in [0.2, 0.25) is 0 Å². The number of esters is 1. The maximum atomic E-state index is 15.8. The SMILES string of the molecule is CCOC(=O)CN1CCN(c2cc(C(=O)CN3CCc4cc(OCC)c(OCC)c(F)c4C3=N)cc(C(C)(C)C)c2OC)CC1. The fourth-order valence-corrected chi connectivity index (χ4v) is 5.92. The minimum atomic E-state index is -0.635. The van der Waals surface area contributed by atoms with E-state index in [1.165, 1.54) is 0 Å². The van der Waals surface area contributed by atoms with E-state index in [0.29, 0.717) is 75.0 Å². The molecule has 2 aromatic rings. The van der Waals surface area contributed by atoms with Crippen LogP contribution in [0.3, 0.4) is 0 Å². The van der Waals surface area contributed by atoms with Crippen molar-refractivity contribution in [3.8, 4) is 17.2 Å². The first kappa shape index (κ1) is 34.0. The number of methoxy groups -OCH3 is 1. The molecule has 10 nitrogen and oxygen atoms in total. The van der Waals surface area contributed by atoms with Crippen LogP contribution in [0.4, 0.5) is 10.1 Å². The molecule has 0 aliphatic carbocycles. The van der Waals surface area contributed by atoms with Crippen LogP contribution in [0.25, 0.3) is 0 Å². The van der Waals surface area contributed by atoms with Gasteiger partial charge in [-0.1, -0.05) is 20.8 Å². The maximum Gasteiger partial charge on any atom is 0.320 e. The Morgan fingerprint density at radius 3 is 2.20 bits per heavy atom. The van der Waals surface area contributed by atoms with Gasteiger partial charge >= 0.3 is 5.97 Å². The number of piperazine rings is 1. The van der Waals surface area contributed by atoms with E-state index in [0.717, 1.165) is 11.3 Å². The standard InChI is InChI=1S/C34H47FN4O6/c1-8-43-27-19-22-11-12-39(33(36)29(22)30(35)32(27)45-10-3)20-26(40)23-17-24(34(4,5)6)31(42-7)25(18-23)38-15-13-37(14-16-38)21-28(41)44-9-2/h17-19,36H,8-16,20-21H2,1-7H3. The molecular weight excluding hydrogens is 579 g/mol. The molecule has 11 heteroatoms. The van der Waals surface area contributed by atoms with Crippen LogP contribution in [0.1, 0.15) is 68.6 Å². The monoisotopic (exact) mass is 626 g/mol. The number of amidine groups is 1. The average Bonchev–Trinajstić information content (AvgIpc) is 2.99. The number of benzene rings is 2. The lowest BCUT2D eigenvalue weighted by molar-refractivity contribution is -0.144. The Bertz CT molecular complexity index is 1410. The summed E-state index contributed by atoms with van der Waals surface area (Å²) in [6.45, 7) is 15.8. The first-order valence-corrected chi connectivity index (χ1v) is 15.8. The van der Waals surface area contributed by atoms with Gasteiger partial charge in [-0.15, -0.1) is 0 Å². The lowest BCUT2D eigenvalue weighted by Crippen LogP contribution is -2.48. The first-order valence-electron chi connectivity index (χ1n) is 15.8. The van der Waals surface area contributed by atoms with Crippen LogP contribution in [-0.4, -0.2) is 100 Å². The number of hydrogen-bond acceptors (Lipinski definition) is 9. The Kier molecular flexibility index (Phi) is 11.0. The summed E-state index contributed by atoms with van der Waals surface area (Å²) in [4.78, 5) is 31.8. The van der Waals surface area contributed by atoms with Crippen LogP contribution in [0.15, 0.2) is 18.2 Å². The number of Topliss-reactive ketones (excluding diaryl/α,β-unsaturated/α-hetero) is 1. The lowest BCUT2D eigenvalue weighted by Gasteiger charge is -2.37. The third-order valence-electron chi connectivity index (χ3n) is 8.17. The number of carbonyl (C=O) groups excluding carboxylic acids is 2. The van der Waals surface area contributed by atoms with E-state index < -0.39 is 5.82 Å². The normalized spacial score (nSPS) is 15.5. The zero-order chi connectivity index (χ0) is 32.9. The summed E-state index contributed by atoms with van der Waals surface area (Å²) in [6, 6.07) is 5.49. The van der Waals surface area contributed by atoms with Crippen molar-refractivity contribution in [2.45, 2.75) is 53.4 Å². The van der Waals surface area contributed by atoms with Crippen LogP contribution in [0.5, 0.6) is 17.2 Å². The van der Waals surface area contributed by atoms with E-state index in [-0.39, 0.29) is 54.0 Å². The van der Waals surface area contributed by atoms with Gasteiger partial charge < -0.3 is 28.7 Å². The molecule has 0 spiro atoms. The van der Waals surface area contributed by atoms with Gasteiger partial charge in [0, 0.05) is 43.9 Å². The highest BCUT2D eigenvalue weighted by molar-refractivity contribution is 6.05. The molecule has 0 unspecified atom stereocenters. The smallest absolute Gasteiger partial charge is 0.320 e. The van der Waals surface area contributed by atoms with E-state index in [2.05, 4.69) is 30.6 Å². The van der Waals surface area contributed by atoms with Gasteiger partial charge in [0.1, 0.15) is 11.6 Å². The van der Waals surface area contributed by atoms with E-state index >= 15 is 4.39 Å². The van der Waals surface area contributed by atoms with Crippen LogP contribution in [-0.2, 0) is 21.4 Å². The van der Waals surface area contributed by atoms with Crippen molar-refractivity contribution in [1.82, 2.24) is 9.80 Å². The van der Waals surface area contributed by atoms with E-state index in [9.17, 15) is 9.59 Å². The van der Waals surface area contributed by atoms with Gasteiger partial charge in [-0.25, -0.2) is 4.39 Å². The van der Waals surface area contributed by atoms with Crippen molar-refractivity contribution in [2.24, 2.45) is 0 Å². The number of fused-ring (bicyclic) bond motifs is 1. The molecule has 246 valence electrons. The molecule has 1 N–H and O–H groups in total. The molecule has 0 bridgehead atoms. The summed E-state index contributed by atoms with van der Waals surface area (Å²) in [7, 11) is 1.64. The molecule has 0 amide bonds. The first-order chi connectivity index (χ1) is 21.4. The number of ketones is 1. The third-order valence-corrected chi connectivity index (χ3v) is 8.17. The number of anilines is 1. The average molecular weight is 627 g/mol. The van der Waals surface area contributed by atoms with Crippen molar-refractivity contribution < 1.29 is 32.9 Å². The van der Waals surface area contributed by atoms with Crippen LogP contribution >= 0.6 is 0 Å². The molecule has 1 fully saturated rings. The zero-order valence-electron chi connectivity index (χ0n) is 27.7. The molecule has 2 heterocycles. The third kappa shape index (κ3) is 7.52. The molecule has 0 radical (unpaired) electrons. The van der Waals surface area contributed by atoms with Crippen molar-refractivity contribution in [3.63, 3.8) is 0 Å². The van der Waals surface area contributed by atoms with Crippen molar-refractivity contribution in [3.05, 3.63) is 46.3 Å². The van der Waals surface area contributed by atoms with E-state index in [4.69, 9.17) is 24.4 Å². The van der Waals surface area contributed by atoms with Gasteiger partial charge in [-0.3, -0.25) is 19.9 Å². The zero-order valence-corrected chi connectivity index (χ0v) is 27.7. The highest BCUT2D eigenvalue weighted by Crippen LogP contribution is 2.41. The second-order valence-corrected chi connectivity index (χ2v) is 12.3. The number of nitrogens with zero attached hydrogens (tertiary/aromatic N) is 3. The fraction of sp³-hybridized carbons (Fsp3) is 0.559. The van der Waals surface area contributed by atoms with Gasteiger partial charge in [0.15, 0.2) is 23.1 Å². The number of nitrogens with one attached hydrogen (secondary N) is 1. The molecule has 2 aromatic carbocycles. The largest absolute Gasteiger partial charge is 0.494 e. The molecule has 2 aliphatic rings. The number of carbonyl (C=O) groups is 2. The Morgan fingerprint density at radius 2 is 1.60 bits per heavy atom. The van der Waals surface area contributed by atoms with Gasteiger partial charge in [0.25, 0.3) is 0 Å². The second-order valence-electron chi connectivity index (χ2n) is 12.3. The van der Waals surface area contributed by atoms with Gasteiger partial charge in [0.05, 0.1) is 51.3 Å². The molecule has 2 aliphatic heterocycles. The van der Waals surface area contributed by atoms with Gasteiger partial charge in [-0.2, -0.15) is 0 Å². The van der Waals surface area contributed by atoms with Gasteiger partial charge in [-0.05, 0) is 56.4 Å². The number of ether oxygens (including phenoxy) is 4. The number of rotatable bonds is 12. The molecule has 0 aromatic heterocycles. The number of hydrogen-bond donors (Lipinski definition) is 1. The molecule has 0 atom stereocenters. The van der Waals surface area contributed by atoms with E-state index in [1.807, 2.05) is 19.1 Å². The summed E-state index contributed by atoms with van der Waals surface area (Å²) >= 11 is 0. The molecule has 0 saturated carbocycles. The Labute approximate surface area is 265 Å². The predicted molar refractivity (Wildman–Crippen MR) is 172 cm³/mol. The summed E-state index contributed by atoms with van der Waals surface area (Å²) < 4.78 is 38.0. The highest BCUT2D eigenvalue weighted by Gasteiger charge is 2.32. The summed E-state index contributed by atoms with van der Waals surface area (Å²) in [5.41, 5.74) is 2.71. The summed E-state index contributed by atoms with van der Waals surface area (Å²) in [6.07, 6.45) is 0.464. The lowest BCUT2D eigenvalue weighted by atomic mass is 9.84. The quantitative estimate of drug-likeness (QED) is 0.266. The Balaban J connectivity index is 1.61. The summed E-state index contributed by atoms with van der Waals surface area (Å²) in [5.74, 6) is -0.0515. The van der Waals surface area contributed by atoms with Crippen molar-refractivity contribution >= 4 is 23.3 Å². The topological polar surface area (TPSA) is 105 Å². The molecular formula is C34H47FN4O6. The number of halogens is 1. The second kappa shape index (κ2) is 14.5. The Morgan fingerprint density at radius 1 is 0.911 bits per heavy atom. The maximum absolute atomic E-state index is 15.8.